The molecule has 0 aromatic carbocycles. The van der Waals surface area contributed by atoms with Crippen LogP contribution in [0.25, 0.3) is 0 Å². The van der Waals surface area contributed by atoms with Crippen LogP contribution in [0.4, 0.5) is 0 Å². The zero-order chi connectivity index (χ0) is 9.56. The Morgan fingerprint density at radius 1 is 1.58 bits per heavy atom. The van der Waals surface area contributed by atoms with Crippen molar-refractivity contribution in [2.75, 3.05) is 6.54 Å². The molecule has 0 aromatic heterocycles. The van der Waals surface area contributed by atoms with Crippen molar-refractivity contribution in [3.05, 3.63) is 11.6 Å². The van der Waals surface area contributed by atoms with Gasteiger partial charge < -0.3 is 10.4 Å². The summed E-state index contributed by atoms with van der Waals surface area (Å²) in [5.41, 5.74) is 0.417. The highest BCUT2D eigenvalue weighted by Gasteiger charge is 1.97. The van der Waals surface area contributed by atoms with E-state index in [2.05, 4.69) is 19.2 Å². The summed E-state index contributed by atoms with van der Waals surface area (Å²) in [5.74, 6) is -0.834. The third-order valence-corrected chi connectivity index (χ3v) is 1.48. The summed E-state index contributed by atoms with van der Waals surface area (Å²) < 4.78 is 0. The molecule has 0 saturated heterocycles. The summed E-state index contributed by atoms with van der Waals surface area (Å²) in [4.78, 5) is 10.3. The molecule has 0 aliphatic rings. The Kier molecular flexibility index (Phi) is 5.37. The Balaban J connectivity index is 3.54. The van der Waals surface area contributed by atoms with Gasteiger partial charge in [0, 0.05) is 11.6 Å². The summed E-state index contributed by atoms with van der Waals surface area (Å²) in [6.07, 6.45) is 2.51. The Labute approximate surface area is 73.5 Å². The number of carboxylic acid groups (broad SMARTS) is 1. The molecule has 0 spiro atoms. The van der Waals surface area contributed by atoms with Crippen LogP contribution in [-0.4, -0.2) is 23.7 Å². The van der Waals surface area contributed by atoms with E-state index in [1.165, 1.54) is 0 Å². The monoisotopic (exact) mass is 171 g/mol. The van der Waals surface area contributed by atoms with Crippen molar-refractivity contribution in [2.45, 2.75) is 33.2 Å². The number of nitrogens with one attached hydrogen (secondary N) is 1. The number of hydrogen-bond acceptors (Lipinski definition) is 2. The first-order valence-electron chi connectivity index (χ1n) is 4.17. The van der Waals surface area contributed by atoms with Crippen molar-refractivity contribution < 1.29 is 9.90 Å². The molecule has 0 saturated carbocycles. The highest BCUT2D eigenvalue weighted by atomic mass is 16.4. The quantitative estimate of drug-likeness (QED) is 0.485. The van der Waals surface area contributed by atoms with E-state index in [9.17, 15) is 4.79 Å². The molecular formula is C9H17NO2. The molecule has 0 aromatic rings. The fourth-order valence-electron chi connectivity index (χ4n) is 0.748. The molecule has 3 heteroatoms. The average molecular weight is 171 g/mol. The minimum atomic E-state index is -0.834. The van der Waals surface area contributed by atoms with E-state index in [0.29, 0.717) is 11.6 Å². The van der Waals surface area contributed by atoms with Gasteiger partial charge in [0.2, 0.25) is 0 Å². The van der Waals surface area contributed by atoms with Crippen LogP contribution in [0, 0.1) is 0 Å². The molecule has 0 heterocycles. The molecule has 12 heavy (non-hydrogen) atoms. The van der Waals surface area contributed by atoms with E-state index in [0.717, 1.165) is 13.0 Å². The third-order valence-electron chi connectivity index (χ3n) is 1.48. The summed E-state index contributed by atoms with van der Waals surface area (Å²) in [5, 5.41) is 11.7. The van der Waals surface area contributed by atoms with Gasteiger partial charge in [0.15, 0.2) is 0 Å². The number of rotatable bonds is 5. The van der Waals surface area contributed by atoms with E-state index >= 15 is 0 Å². The van der Waals surface area contributed by atoms with Gasteiger partial charge in [-0.05, 0) is 19.9 Å². The molecule has 0 amide bonds. The van der Waals surface area contributed by atoms with Crippen LogP contribution in [0.2, 0.25) is 0 Å². The maximum Gasteiger partial charge on any atom is 0.330 e. The van der Waals surface area contributed by atoms with Crippen molar-refractivity contribution in [3.63, 3.8) is 0 Å². The molecule has 0 atom stereocenters. The smallest absolute Gasteiger partial charge is 0.330 e. The fourth-order valence-corrected chi connectivity index (χ4v) is 0.748. The lowest BCUT2D eigenvalue weighted by Gasteiger charge is -2.05. The molecule has 0 aliphatic heterocycles. The van der Waals surface area contributed by atoms with Crippen LogP contribution in [0.3, 0.4) is 0 Å². The van der Waals surface area contributed by atoms with E-state index in [1.807, 2.05) is 0 Å². The van der Waals surface area contributed by atoms with Gasteiger partial charge >= 0.3 is 5.97 Å². The second-order valence-corrected chi connectivity index (χ2v) is 3.09. The molecular weight excluding hydrogens is 154 g/mol. The highest BCUT2D eigenvalue weighted by Crippen LogP contribution is 1.94. The lowest BCUT2D eigenvalue weighted by atomic mass is 10.2. The number of aliphatic carboxylic acids is 1. The zero-order valence-corrected chi connectivity index (χ0v) is 7.92. The second kappa shape index (κ2) is 5.77. The van der Waals surface area contributed by atoms with Gasteiger partial charge in [-0.25, -0.2) is 4.79 Å². The third kappa shape index (κ3) is 5.92. The molecule has 0 fully saturated rings. The predicted octanol–water partition coefficient (Wildman–Crippen LogP) is 1.41. The van der Waals surface area contributed by atoms with Crippen molar-refractivity contribution in [3.8, 4) is 0 Å². The van der Waals surface area contributed by atoms with Crippen molar-refractivity contribution >= 4 is 5.97 Å². The fraction of sp³-hybridized carbons (Fsp3) is 0.667. The van der Waals surface area contributed by atoms with Gasteiger partial charge in [-0.2, -0.15) is 0 Å². The van der Waals surface area contributed by atoms with Gasteiger partial charge in [0.1, 0.15) is 0 Å². The molecule has 0 unspecified atom stereocenters. The Morgan fingerprint density at radius 2 is 2.17 bits per heavy atom. The average Bonchev–Trinajstić information content (AvgIpc) is 1.97. The van der Waals surface area contributed by atoms with Crippen LogP contribution in [0.15, 0.2) is 11.6 Å². The first-order chi connectivity index (χ1) is 5.54. The normalized spacial score (nSPS) is 12.2. The topological polar surface area (TPSA) is 49.3 Å². The van der Waals surface area contributed by atoms with Gasteiger partial charge in [0.25, 0.3) is 0 Å². The Morgan fingerprint density at radius 3 is 2.58 bits per heavy atom. The van der Waals surface area contributed by atoms with Crippen LogP contribution < -0.4 is 5.32 Å². The van der Waals surface area contributed by atoms with Gasteiger partial charge in [-0.15, -0.1) is 0 Å². The SMILES string of the molecule is CC(=CCCNC(C)C)C(=O)O. The number of hydrogen-bond donors (Lipinski definition) is 2. The summed E-state index contributed by atoms with van der Waals surface area (Å²) >= 11 is 0. The molecule has 0 rings (SSSR count). The van der Waals surface area contributed by atoms with Crippen LogP contribution in [-0.2, 0) is 4.79 Å². The van der Waals surface area contributed by atoms with Crippen molar-refractivity contribution in [2.24, 2.45) is 0 Å². The van der Waals surface area contributed by atoms with E-state index in [-0.39, 0.29) is 0 Å². The highest BCUT2D eigenvalue weighted by molar-refractivity contribution is 5.85. The zero-order valence-electron chi connectivity index (χ0n) is 7.92. The minimum absolute atomic E-state index is 0.417. The largest absolute Gasteiger partial charge is 0.478 e. The maximum absolute atomic E-state index is 10.3. The summed E-state index contributed by atoms with van der Waals surface area (Å²) in [6.45, 7) is 6.57. The Hall–Kier alpha value is -0.830. The molecule has 0 bridgehead atoms. The van der Waals surface area contributed by atoms with Crippen LogP contribution in [0.1, 0.15) is 27.2 Å². The second-order valence-electron chi connectivity index (χ2n) is 3.09. The Bertz CT molecular complexity index is 173. The summed E-state index contributed by atoms with van der Waals surface area (Å²) in [7, 11) is 0. The van der Waals surface area contributed by atoms with Crippen molar-refractivity contribution in [1.29, 1.82) is 0 Å². The van der Waals surface area contributed by atoms with Crippen LogP contribution >= 0.6 is 0 Å². The van der Waals surface area contributed by atoms with E-state index in [4.69, 9.17) is 5.11 Å². The van der Waals surface area contributed by atoms with Crippen LogP contribution in [0.5, 0.6) is 0 Å². The molecule has 0 radical (unpaired) electrons. The standard InChI is InChI=1S/C9H17NO2/c1-7(2)10-6-4-5-8(3)9(11)12/h5,7,10H,4,6H2,1-3H3,(H,11,12). The van der Waals surface area contributed by atoms with Gasteiger partial charge in [-0.3, -0.25) is 0 Å². The lowest BCUT2D eigenvalue weighted by molar-refractivity contribution is -0.132. The molecule has 2 N–H and O–H groups in total. The molecule has 70 valence electrons. The van der Waals surface area contributed by atoms with Gasteiger partial charge in [-0.1, -0.05) is 19.9 Å². The minimum Gasteiger partial charge on any atom is -0.478 e. The summed E-state index contributed by atoms with van der Waals surface area (Å²) in [6, 6.07) is 0.462. The lowest BCUT2D eigenvalue weighted by Crippen LogP contribution is -2.23. The van der Waals surface area contributed by atoms with E-state index in [1.54, 1.807) is 13.0 Å². The number of carbonyl (C=O) groups is 1. The predicted molar refractivity (Wildman–Crippen MR) is 49.1 cm³/mol. The first-order valence-corrected chi connectivity index (χ1v) is 4.17. The van der Waals surface area contributed by atoms with Crippen molar-refractivity contribution in [1.82, 2.24) is 5.32 Å². The van der Waals surface area contributed by atoms with Gasteiger partial charge in [0.05, 0.1) is 0 Å². The van der Waals surface area contributed by atoms with E-state index < -0.39 is 5.97 Å². The first kappa shape index (κ1) is 11.2. The molecule has 3 nitrogen and oxygen atoms in total. The number of carboxylic acids is 1. The molecule has 0 aliphatic carbocycles. The maximum atomic E-state index is 10.3.